The summed E-state index contributed by atoms with van der Waals surface area (Å²) < 4.78 is 10.1. The zero-order valence-electron chi connectivity index (χ0n) is 51.9. The second kappa shape index (κ2) is 58.9. The highest BCUT2D eigenvalue weighted by atomic mass is 32.2. The fraction of sp³-hybridized carbons (Fsp3) is 0.804. The Balaban J connectivity index is -0.000000343. The molecule has 14 atom stereocenters. The number of carbonyl (C=O) groups is 10. The number of aliphatic carboxylic acids is 2. The Bertz CT molecular complexity index is 1950. The molecule has 28 N–H and O–H groups in total. The fourth-order valence-corrected chi connectivity index (χ4v) is 7.06. The fourth-order valence-electron chi connectivity index (χ4n) is 5.36. The van der Waals surface area contributed by atoms with Crippen LogP contribution >= 0.6 is 23.5 Å². The number of likely N-dealkylation sites (N-methyl/N-ethyl adjacent to an activating group) is 1. The Labute approximate surface area is 531 Å². The van der Waals surface area contributed by atoms with Crippen LogP contribution in [0.2, 0.25) is 0 Å². The summed E-state index contributed by atoms with van der Waals surface area (Å²) in [5.41, 5.74) is 15.6. The molecule has 0 bridgehead atoms. The molecule has 0 saturated heterocycles. The number of hydrogen-bond donors (Lipinski definition) is 25. The van der Waals surface area contributed by atoms with E-state index in [0.29, 0.717) is 25.3 Å². The zero-order valence-corrected chi connectivity index (χ0v) is 53.6. The summed E-state index contributed by atoms with van der Waals surface area (Å²) in [5.74, 6) is -7.34. The summed E-state index contributed by atoms with van der Waals surface area (Å²) in [6.07, 6.45) is -19.7. The van der Waals surface area contributed by atoms with Crippen molar-refractivity contribution >= 4 is 82.6 Å². The van der Waals surface area contributed by atoms with E-state index in [1.807, 2.05) is 7.05 Å². The molecular weight excluding hydrogens is 1250 g/mol. The highest BCUT2D eigenvalue weighted by Gasteiger charge is 2.38. The van der Waals surface area contributed by atoms with E-state index < -0.39 is 132 Å². The van der Waals surface area contributed by atoms with Gasteiger partial charge in [0.15, 0.2) is 30.2 Å². The first-order chi connectivity index (χ1) is 42.1. The lowest BCUT2D eigenvalue weighted by Crippen LogP contribution is -2.54. The predicted molar refractivity (Wildman–Crippen MR) is 326 cm³/mol. The van der Waals surface area contributed by atoms with E-state index in [1.165, 1.54) is 25.6 Å². The first-order valence-electron chi connectivity index (χ1n) is 28.3. The summed E-state index contributed by atoms with van der Waals surface area (Å²) in [4.78, 5) is 111. The van der Waals surface area contributed by atoms with Gasteiger partial charge >= 0.3 is 11.9 Å². The van der Waals surface area contributed by atoms with E-state index in [1.54, 1.807) is 13.8 Å². The molecule has 0 fully saturated rings. The van der Waals surface area contributed by atoms with E-state index in [2.05, 4.69) is 49.5 Å². The van der Waals surface area contributed by atoms with Gasteiger partial charge in [0.25, 0.3) is 23.6 Å². The maximum Gasteiger partial charge on any atom is 0.321 e. The number of aliphatic hydroxyl groups excluding tert-OH is 12. The molecule has 530 valence electrons. The Kier molecular flexibility index (Phi) is 61.3. The van der Waals surface area contributed by atoms with Crippen LogP contribution in [0.5, 0.6) is 0 Å². The number of aliphatic hydroxyl groups is 12. The number of ketones is 1. The minimum Gasteiger partial charge on any atom is -0.481 e. The SMILES string of the molecule is CC(=O)[C@H](O)[C@@H](O)[C@@H](O)[C@H](O)C(=O)NCCOCCN.CC(CSCC(=O)NCCNC(=O)[C@H](C)O)C(=O)O.CCCNC(=O)[C@H](O)[C@@H](O)[C@@H](O)[C@H](O)C(=O)NCCN.CCCOCCNC.C[C@H](O)[C@H](O)[C@@H](O)C(=O)NCCNC(=O)CSCC(N)C(=O)O. The molecule has 37 nitrogen and oxygen atoms in total. The van der Waals surface area contributed by atoms with Crippen LogP contribution < -0.4 is 59.7 Å². The van der Waals surface area contributed by atoms with Gasteiger partial charge < -0.3 is 141 Å². The quantitative estimate of drug-likeness (QED) is 0.0252. The third kappa shape index (κ3) is 50.5. The molecule has 0 radical (unpaired) electrons. The first kappa shape index (κ1) is 93.6. The van der Waals surface area contributed by atoms with E-state index in [0.717, 1.165) is 44.9 Å². The number of carbonyl (C=O) groups excluding carboxylic acids is 8. The molecule has 2 unspecified atom stereocenters. The smallest absolute Gasteiger partial charge is 0.321 e. The van der Waals surface area contributed by atoms with E-state index >= 15 is 0 Å². The van der Waals surface area contributed by atoms with Crippen molar-refractivity contribution in [1.82, 2.24) is 42.5 Å². The highest BCUT2D eigenvalue weighted by molar-refractivity contribution is 8.00. The second-order valence-electron chi connectivity index (χ2n) is 19.0. The standard InChI is InChI=1S/C12H23N3O7S.C11H23N3O6.C11H22N2O7.C11H20N2O5S.C6H15NO/c1-6(16)9(18)10(19)11(20)15-3-2-14-8(17)5-23-4-7(13)12(21)22;1-2-4-13-10(19)8(17)6(15)7(16)9(18)11(20)14-5-3-12;1-6(14)7(15)8(16)9(17)10(18)11(19)13-3-5-20-4-2-12;1-7(11(17)18)5-19-6-9(15)12-3-4-13-10(16)8(2)14;1-3-5-8-6-4-7-2/h6-7,9-10,16,18-19H,2-5,13H2,1H3,(H,14,17)(H,15,20)(H,21,22);6-9,15-18H,2-5,12H2,1H3,(H,13,19)(H,14,20);7-10,15-18H,2-5,12H2,1H3,(H,13,19);7-8,14H,3-6H2,1-2H3,(H,12,15)(H,13,16)(H,17,18);7H,3-6H2,1-2H3/t6-,7?,9-,10+;6-,7+,8+,9-;7-,8+,9+,10-;7?,8-;/m0000./s1. The normalized spacial score (nSPS) is 15.4. The number of nitrogens with one attached hydrogen (secondary N) is 8. The predicted octanol–water partition coefficient (Wildman–Crippen LogP) is -11.7. The number of rotatable bonds is 44. The molecular formula is C51H103N11O26S2. The van der Waals surface area contributed by atoms with Crippen LogP contribution in [0.15, 0.2) is 0 Å². The number of carboxylic acids is 2. The topological polar surface area (TPSA) is 647 Å². The van der Waals surface area contributed by atoms with Gasteiger partial charge in [-0.05, 0) is 40.7 Å². The summed E-state index contributed by atoms with van der Waals surface area (Å²) >= 11 is 2.31. The van der Waals surface area contributed by atoms with E-state index in [4.69, 9.17) is 47.1 Å². The van der Waals surface area contributed by atoms with Crippen molar-refractivity contribution in [3.8, 4) is 0 Å². The van der Waals surface area contributed by atoms with Crippen LogP contribution in [0.4, 0.5) is 0 Å². The van der Waals surface area contributed by atoms with Gasteiger partial charge in [0.05, 0.1) is 43.3 Å². The van der Waals surface area contributed by atoms with Crippen molar-refractivity contribution in [2.24, 2.45) is 23.1 Å². The molecule has 0 aromatic rings. The number of hydrogen-bond acceptors (Lipinski definition) is 30. The summed E-state index contributed by atoms with van der Waals surface area (Å²) in [6, 6.07) is -1.03. The summed E-state index contributed by atoms with van der Waals surface area (Å²) in [6.45, 7) is 13.8. The monoisotopic (exact) mass is 1350 g/mol. The van der Waals surface area contributed by atoms with Crippen LogP contribution in [-0.4, -0.2) is 332 Å². The Morgan fingerprint density at radius 3 is 1.19 bits per heavy atom. The number of carboxylic acid groups (broad SMARTS) is 2. The van der Waals surface area contributed by atoms with Crippen LogP contribution in [0.3, 0.4) is 0 Å². The minimum absolute atomic E-state index is 0.0213. The Hall–Kier alpha value is -5.12. The maximum absolute atomic E-state index is 11.4. The molecule has 0 heterocycles. The zero-order chi connectivity index (χ0) is 70.5. The molecule has 39 heteroatoms. The van der Waals surface area contributed by atoms with Gasteiger partial charge in [-0.2, -0.15) is 11.8 Å². The number of Topliss-reactive ketones (excluding diaryl/α,β-unsaturated/α-hetero) is 1. The summed E-state index contributed by atoms with van der Waals surface area (Å²) in [5, 5.41) is 149. The second-order valence-corrected chi connectivity index (χ2v) is 21.0. The molecule has 0 spiro atoms. The van der Waals surface area contributed by atoms with Gasteiger partial charge in [-0.25, -0.2) is 0 Å². The molecule has 0 aromatic carbocycles. The minimum atomic E-state index is -2.00. The highest BCUT2D eigenvalue weighted by Crippen LogP contribution is 2.09. The van der Waals surface area contributed by atoms with Crippen molar-refractivity contribution in [3.05, 3.63) is 0 Å². The number of amides is 7. The number of nitrogens with two attached hydrogens (primary N) is 3. The number of ether oxygens (including phenoxy) is 2. The lowest BCUT2D eigenvalue weighted by Gasteiger charge is -2.25. The first-order valence-corrected chi connectivity index (χ1v) is 30.6. The van der Waals surface area contributed by atoms with Crippen LogP contribution in [0.25, 0.3) is 0 Å². The van der Waals surface area contributed by atoms with Crippen molar-refractivity contribution in [2.75, 3.05) is 122 Å². The molecule has 0 aromatic heterocycles. The number of thioether (sulfide) groups is 2. The van der Waals surface area contributed by atoms with Crippen molar-refractivity contribution < 1.29 is 129 Å². The van der Waals surface area contributed by atoms with Crippen molar-refractivity contribution in [2.45, 2.75) is 134 Å². The van der Waals surface area contributed by atoms with Gasteiger partial charge in [-0.15, -0.1) is 11.8 Å². The maximum atomic E-state index is 11.4. The van der Waals surface area contributed by atoms with Crippen molar-refractivity contribution in [3.63, 3.8) is 0 Å². The van der Waals surface area contributed by atoms with Gasteiger partial charge in [-0.1, -0.05) is 20.8 Å². The molecule has 7 amide bonds. The van der Waals surface area contributed by atoms with E-state index in [-0.39, 0.29) is 88.0 Å². The molecule has 0 aliphatic carbocycles. The van der Waals surface area contributed by atoms with E-state index in [9.17, 15) is 99.0 Å². The van der Waals surface area contributed by atoms with Crippen LogP contribution in [0, 0.1) is 5.92 Å². The average molecular weight is 1350 g/mol. The van der Waals surface area contributed by atoms with Crippen molar-refractivity contribution in [1.29, 1.82) is 0 Å². The molecule has 0 aliphatic rings. The lowest BCUT2D eigenvalue weighted by atomic mass is 10.0. The van der Waals surface area contributed by atoms with Gasteiger partial charge in [0.1, 0.15) is 48.8 Å². The van der Waals surface area contributed by atoms with Crippen LogP contribution in [-0.2, 0) is 57.4 Å². The molecule has 0 rings (SSSR count). The third-order valence-electron chi connectivity index (χ3n) is 10.7. The van der Waals surface area contributed by atoms with Gasteiger partial charge in [-0.3, -0.25) is 47.9 Å². The molecule has 0 aliphatic heterocycles. The van der Waals surface area contributed by atoms with Crippen LogP contribution in [0.1, 0.15) is 54.4 Å². The molecule has 0 saturated carbocycles. The van der Waals surface area contributed by atoms with Gasteiger partial charge in [0, 0.05) is 83.6 Å². The third-order valence-corrected chi connectivity index (χ3v) is 13.0. The molecule has 90 heavy (non-hydrogen) atoms. The summed E-state index contributed by atoms with van der Waals surface area (Å²) in [7, 11) is 1.93. The lowest BCUT2D eigenvalue weighted by molar-refractivity contribution is -0.155. The average Bonchev–Trinajstić information content (AvgIpc) is 2.76. The Morgan fingerprint density at radius 2 is 0.811 bits per heavy atom. The Morgan fingerprint density at radius 1 is 0.433 bits per heavy atom. The van der Waals surface area contributed by atoms with Gasteiger partial charge in [0.2, 0.25) is 17.7 Å². The largest absolute Gasteiger partial charge is 0.481 e.